The highest BCUT2D eigenvalue weighted by atomic mass is 16.5. The Labute approximate surface area is 142 Å². The normalized spacial score (nSPS) is 10.8. The molecule has 8 heteroatoms. The van der Waals surface area contributed by atoms with E-state index in [9.17, 15) is 14.4 Å². The summed E-state index contributed by atoms with van der Waals surface area (Å²) >= 11 is 0. The first-order valence-electron chi connectivity index (χ1n) is 7.64. The van der Waals surface area contributed by atoms with Crippen LogP contribution in [0.5, 0.6) is 5.75 Å². The van der Waals surface area contributed by atoms with Crippen molar-refractivity contribution in [3.8, 4) is 5.75 Å². The van der Waals surface area contributed by atoms with Gasteiger partial charge >= 0.3 is 5.69 Å². The average Bonchev–Trinajstić information content (AvgIpc) is 2.78. The summed E-state index contributed by atoms with van der Waals surface area (Å²) < 4.78 is 8.29. The molecule has 0 fully saturated rings. The van der Waals surface area contributed by atoms with Gasteiger partial charge in [0.2, 0.25) is 5.43 Å². The topological polar surface area (TPSA) is 98.1 Å². The van der Waals surface area contributed by atoms with E-state index < -0.39 is 5.91 Å². The number of hydrogen-bond acceptors (Lipinski definition) is 4. The number of imidazole rings is 1. The van der Waals surface area contributed by atoms with Crippen molar-refractivity contribution in [3.63, 3.8) is 0 Å². The van der Waals surface area contributed by atoms with E-state index in [1.165, 1.54) is 21.4 Å². The fraction of sp³-hybridized carbons (Fsp3) is 0.235. The molecule has 1 aromatic carbocycles. The second kappa shape index (κ2) is 6.31. The van der Waals surface area contributed by atoms with Gasteiger partial charge in [-0.1, -0.05) is 0 Å². The lowest BCUT2D eigenvalue weighted by Gasteiger charge is -2.08. The fourth-order valence-electron chi connectivity index (χ4n) is 2.60. The molecule has 0 saturated carbocycles. The van der Waals surface area contributed by atoms with Crippen LogP contribution in [0.25, 0.3) is 11.0 Å². The van der Waals surface area contributed by atoms with Gasteiger partial charge in [0.1, 0.15) is 0 Å². The molecule has 0 atom stereocenters. The van der Waals surface area contributed by atoms with Crippen molar-refractivity contribution in [1.82, 2.24) is 14.1 Å². The minimum absolute atomic E-state index is 0.0849. The molecule has 2 aromatic heterocycles. The Morgan fingerprint density at radius 1 is 1.16 bits per heavy atom. The van der Waals surface area contributed by atoms with Gasteiger partial charge in [-0.3, -0.25) is 18.7 Å². The zero-order valence-corrected chi connectivity index (χ0v) is 14.1. The number of amides is 1. The van der Waals surface area contributed by atoms with Gasteiger partial charge in [0.15, 0.2) is 12.4 Å². The van der Waals surface area contributed by atoms with Crippen LogP contribution in [-0.2, 0) is 18.9 Å². The third-order valence-electron chi connectivity index (χ3n) is 3.94. The number of aromatic nitrogens is 3. The number of carbonyl (C=O) groups excluding carboxylic acids is 1. The number of carbonyl (C=O) groups is 1. The number of H-pyrrole nitrogens is 1. The zero-order valence-electron chi connectivity index (χ0n) is 14.1. The number of aromatic amines is 1. The lowest BCUT2D eigenvalue weighted by molar-refractivity contribution is -0.118. The number of pyridine rings is 1. The minimum atomic E-state index is -0.403. The number of aryl methyl sites for hydroxylation is 3. The summed E-state index contributed by atoms with van der Waals surface area (Å²) in [5, 5.41) is 2.69. The zero-order chi connectivity index (χ0) is 18.1. The molecule has 3 rings (SSSR count). The molecule has 3 aromatic rings. The molecular formula is C17H18N4O4. The molecule has 2 heterocycles. The largest absolute Gasteiger partial charge is 0.478 e. The van der Waals surface area contributed by atoms with Crippen LogP contribution in [0.4, 0.5) is 5.69 Å². The summed E-state index contributed by atoms with van der Waals surface area (Å²) in [7, 11) is 3.36. The van der Waals surface area contributed by atoms with Crippen LogP contribution in [0.1, 0.15) is 5.69 Å². The molecule has 2 N–H and O–H groups in total. The molecule has 130 valence electrons. The van der Waals surface area contributed by atoms with Gasteiger partial charge in [-0.25, -0.2) is 4.79 Å². The lowest BCUT2D eigenvalue weighted by Crippen LogP contribution is -2.22. The molecule has 0 saturated heterocycles. The summed E-state index contributed by atoms with van der Waals surface area (Å²) in [4.78, 5) is 38.5. The molecular weight excluding hydrogens is 324 g/mol. The van der Waals surface area contributed by atoms with E-state index in [4.69, 9.17) is 4.74 Å². The number of hydrogen-bond donors (Lipinski definition) is 2. The lowest BCUT2D eigenvalue weighted by atomic mass is 10.2. The molecule has 8 nitrogen and oxygen atoms in total. The summed E-state index contributed by atoms with van der Waals surface area (Å²) in [5.41, 5.74) is 2.31. The van der Waals surface area contributed by atoms with Gasteiger partial charge in [0.05, 0.1) is 11.0 Å². The summed E-state index contributed by atoms with van der Waals surface area (Å²) in [6.45, 7) is 1.46. The Kier molecular flexibility index (Phi) is 4.18. The van der Waals surface area contributed by atoms with Gasteiger partial charge < -0.3 is 15.0 Å². The van der Waals surface area contributed by atoms with Crippen molar-refractivity contribution < 1.29 is 9.53 Å². The minimum Gasteiger partial charge on any atom is -0.478 e. The van der Waals surface area contributed by atoms with Crippen molar-refractivity contribution >= 4 is 22.6 Å². The van der Waals surface area contributed by atoms with Crippen molar-refractivity contribution in [3.05, 3.63) is 56.9 Å². The SMILES string of the molecule is Cc1cc(=O)c(OCC(=O)Nc2ccc3c(c2)n(C)c(=O)n3C)c[nH]1. The Bertz CT molecular complexity index is 1070. The molecule has 0 radical (unpaired) electrons. The Balaban J connectivity index is 1.72. The maximum absolute atomic E-state index is 12.0. The van der Waals surface area contributed by atoms with Crippen molar-refractivity contribution in [2.45, 2.75) is 6.92 Å². The van der Waals surface area contributed by atoms with Crippen LogP contribution in [0, 0.1) is 6.92 Å². The predicted octanol–water partition coefficient (Wildman–Crippen LogP) is 0.891. The van der Waals surface area contributed by atoms with Gasteiger partial charge in [-0.2, -0.15) is 0 Å². The highest BCUT2D eigenvalue weighted by Gasteiger charge is 2.10. The predicted molar refractivity (Wildman–Crippen MR) is 94.1 cm³/mol. The molecule has 0 spiro atoms. The molecule has 0 aliphatic heterocycles. The Morgan fingerprint density at radius 2 is 1.88 bits per heavy atom. The highest BCUT2D eigenvalue weighted by molar-refractivity contribution is 5.94. The summed E-state index contributed by atoms with van der Waals surface area (Å²) in [6.07, 6.45) is 1.43. The maximum atomic E-state index is 12.0. The van der Waals surface area contributed by atoms with Crippen LogP contribution >= 0.6 is 0 Å². The second-order valence-electron chi connectivity index (χ2n) is 5.79. The van der Waals surface area contributed by atoms with Crippen LogP contribution < -0.4 is 21.2 Å². The third kappa shape index (κ3) is 3.18. The smallest absolute Gasteiger partial charge is 0.328 e. The van der Waals surface area contributed by atoms with Crippen LogP contribution in [-0.4, -0.2) is 26.6 Å². The first-order chi connectivity index (χ1) is 11.9. The number of nitrogens with one attached hydrogen (secondary N) is 2. The number of anilines is 1. The van der Waals surface area contributed by atoms with Gasteiger partial charge in [-0.15, -0.1) is 0 Å². The van der Waals surface area contributed by atoms with Crippen LogP contribution in [0.15, 0.2) is 40.1 Å². The van der Waals surface area contributed by atoms with E-state index >= 15 is 0 Å². The molecule has 25 heavy (non-hydrogen) atoms. The van der Waals surface area contributed by atoms with E-state index in [1.54, 1.807) is 39.2 Å². The van der Waals surface area contributed by atoms with E-state index in [1.807, 2.05) is 0 Å². The first-order valence-corrected chi connectivity index (χ1v) is 7.64. The van der Waals surface area contributed by atoms with E-state index in [0.717, 1.165) is 5.52 Å². The molecule has 0 unspecified atom stereocenters. The summed E-state index contributed by atoms with van der Waals surface area (Å²) in [5.74, 6) is -0.318. The second-order valence-corrected chi connectivity index (χ2v) is 5.79. The number of nitrogens with zero attached hydrogens (tertiary/aromatic N) is 2. The standard InChI is InChI=1S/C17H18N4O4/c1-10-6-14(22)15(8-18-10)25-9-16(23)19-11-4-5-12-13(7-11)21(3)17(24)20(12)2/h4-8H,9H2,1-3H3,(H,18,22)(H,19,23). The average molecular weight is 342 g/mol. The quantitative estimate of drug-likeness (QED) is 0.736. The molecule has 0 aliphatic carbocycles. The van der Waals surface area contributed by atoms with Crippen molar-refractivity contribution in [2.24, 2.45) is 14.1 Å². The maximum Gasteiger partial charge on any atom is 0.328 e. The van der Waals surface area contributed by atoms with E-state index in [-0.39, 0.29) is 23.5 Å². The monoisotopic (exact) mass is 342 g/mol. The first kappa shape index (κ1) is 16.6. The number of ether oxygens (including phenoxy) is 1. The van der Waals surface area contributed by atoms with Gasteiger partial charge in [-0.05, 0) is 25.1 Å². The van der Waals surface area contributed by atoms with Crippen molar-refractivity contribution in [2.75, 3.05) is 11.9 Å². The van der Waals surface area contributed by atoms with E-state index in [0.29, 0.717) is 16.9 Å². The highest BCUT2D eigenvalue weighted by Crippen LogP contribution is 2.17. The number of benzene rings is 1. The third-order valence-corrected chi connectivity index (χ3v) is 3.94. The van der Waals surface area contributed by atoms with Gasteiger partial charge in [0, 0.05) is 37.7 Å². The molecule has 1 amide bonds. The molecule has 0 aliphatic rings. The number of fused-ring (bicyclic) bond motifs is 1. The van der Waals surface area contributed by atoms with Gasteiger partial charge in [0.25, 0.3) is 5.91 Å². The van der Waals surface area contributed by atoms with Crippen LogP contribution in [0.3, 0.4) is 0 Å². The Morgan fingerprint density at radius 3 is 2.60 bits per heavy atom. The fourth-order valence-corrected chi connectivity index (χ4v) is 2.60. The Hall–Kier alpha value is -3.29. The van der Waals surface area contributed by atoms with Crippen LogP contribution in [0.2, 0.25) is 0 Å². The number of rotatable bonds is 4. The molecule has 0 bridgehead atoms. The van der Waals surface area contributed by atoms with Crippen molar-refractivity contribution in [1.29, 1.82) is 0 Å². The summed E-state index contributed by atoms with van der Waals surface area (Å²) in [6, 6.07) is 6.58. The van der Waals surface area contributed by atoms with E-state index in [2.05, 4.69) is 10.3 Å².